The van der Waals surface area contributed by atoms with Crippen LogP contribution in [0.1, 0.15) is 19.8 Å². The highest BCUT2D eigenvalue weighted by molar-refractivity contribution is 5.97. The number of amides is 2. The Balaban J connectivity index is 1.99. The second-order valence-corrected chi connectivity index (χ2v) is 6.04. The summed E-state index contributed by atoms with van der Waals surface area (Å²) in [6.07, 6.45) is 1.48. The molecule has 118 valence electrons. The molecule has 22 heavy (non-hydrogen) atoms. The summed E-state index contributed by atoms with van der Waals surface area (Å²) >= 11 is 0. The third-order valence-electron chi connectivity index (χ3n) is 4.85. The molecule has 2 heterocycles. The number of rotatable bonds is 3. The number of carbonyl (C=O) groups excluding carboxylic acids is 2. The number of anilines is 1. The first kappa shape index (κ1) is 14.8. The van der Waals surface area contributed by atoms with Gasteiger partial charge in [-0.15, -0.1) is 0 Å². The first-order valence-corrected chi connectivity index (χ1v) is 7.70. The van der Waals surface area contributed by atoms with Crippen LogP contribution in [0.2, 0.25) is 0 Å². The molecule has 6 heteroatoms. The van der Waals surface area contributed by atoms with Crippen LogP contribution in [-0.2, 0) is 9.59 Å². The largest absolute Gasteiger partial charge is 0.368 e. The number of nitrogens with one attached hydrogen (secondary N) is 1. The molecule has 0 bridgehead atoms. The lowest BCUT2D eigenvalue weighted by Gasteiger charge is -2.40. The van der Waals surface area contributed by atoms with E-state index in [9.17, 15) is 9.59 Å². The average Bonchev–Trinajstić information content (AvgIpc) is 2.81. The maximum atomic E-state index is 13.1. The molecular weight excluding hydrogens is 280 g/mol. The predicted octanol–water partition coefficient (Wildman–Crippen LogP) is 0.289. The zero-order valence-electron chi connectivity index (χ0n) is 12.8. The fraction of sp³-hybridized carbons (Fsp3) is 0.500. The van der Waals surface area contributed by atoms with Crippen molar-refractivity contribution < 1.29 is 9.59 Å². The summed E-state index contributed by atoms with van der Waals surface area (Å²) in [6, 6.07) is 9.32. The minimum atomic E-state index is -0.590. The molecule has 0 aromatic heterocycles. The smallest absolute Gasteiger partial charge is 0.250 e. The zero-order chi connectivity index (χ0) is 15.7. The molecule has 2 aliphatic rings. The van der Waals surface area contributed by atoms with E-state index < -0.39 is 17.5 Å². The predicted molar refractivity (Wildman–Crippen MR) is 84.1 cm³/mol. The molecule has 1 spiro atoms. The van der Waals surface area contributed by atoms with E-state index in [0.29, 0.717) is 6.67 Å². The number of hydrogen-bond acceptors (Lipinski definition) is 4. The Hall–Kier alpha value is -2.08. The lowest BCUT2D eigenvalue weighted by Crippen LogP contribution is -2.56. The van der Waals surface area contributed by atoms with Gasteiger partial charge in [0.05, 0.1) is 6.67 Å². The molecule has 2 amide bonds. The van der Waals surface area contributed by atoms with Gasteiger partial charge in [-0.05, 0) is 45.0 Å². The molecule has 0 aliphatic carbocycles. The molecule has 1 aromatic carbocycles. The highest BCUT2D eigenvalue weighted by Crippen LogP contribution is 2.38. The molecule has 1 aromatic rings. The molecule has 2 fully saturated rings. The summed E-state index contributed by atoms with van der Waals surface area (Å²) in [6.45, 7) is 3.71. The second-order valence-electron chi connectivity index (χ2n) is 6.04. The van der Waals surface area contributed by atoms with Gasteiger partial charge in [0.25, 0.3) is 5.91 Å². The Kier molecular flexibility index (Phi) is 3.78. The first-order valence-electron chi connectivity index (χ1n) is 7.70. The van der Waals surface area contributed by atoms with Gasteiger partial charge in [0, 0.05) is 5.69 Å². The van der Waals surface area contributed by atoms with Crippen molar-refractivity contribution in [3.8, 4) is 0 Å². The maximum Gasteiger partial charge on any atom is 0.250 e. The second kappa shape index (κ2) is 5.61. The normalized spacial score (nSPS) is 22.1. The van der Waals surface area contributed by atoms with E-state index in [1.807, 2.05) is 30.3 Å². The summed E-state index contributed by atoms with van der Waals surface area (Å²) in [4.78, 5) is 28.4. The molecule has 1 unspecified atom stereocenters. The molecule has 2 aliphatic heterocycles. The van der Waals surface area contributed by atoms with Crippen LogP contribution in [0.25, 0.3) is 0 Å². The Morgan fingerprint density at radius 1 is 1.27 bits per heavy atom. The van der Waals surface area contributed by atoms with E-state index in [4.69, 9.17) is 5.73 Å². The van der Waals surface area contributed by atoms with E-state index in [0.717, 1.165) is 31.6 Å². The maximum absolute atomic E-state index is 13.1. The fourth-order valence-electron chi connectivity index (χ4n) is 3.45. The van der Waals surface area contributed by atoms with E-state index >= 15 is 0 Å². The topological polar surface area (TPSA) is 78.7 Å². The van der Waals surface area contributed by atoms with Crippen molar-refractivity contribution in [3.63, 3.8) is 0 Å². The monoisotopic (exact) mass is 302 g/mol. The van der Waals surface area contributed by atoms with Crippen molar-refractivity contribution in [1.29, 1.82) is 0 Å². The van der Waals surface area contributed by atoms with Crippen LogP contribution >= 0.6 is 0 Å². The summed E-state index contributed by atoms with van der Waals surface area (Å²) < 4.78 is 0. The summed E-state index contributed by atoms with van der Waals surface area (Å²) in [5.41, 5.74) is 5.87. The van der Waals surface area contributed by atoms with E-state index in [1.165, 1.54) is 0 Å². The Morgan fingerprint density at radius 3 is 2.50 bits per heavy atom. The minimum absolute atomic E-state index is 0.0177. The number of para-hydroxylation sites is 1. The Bertz CT molecular complexity index is 569. The highest BCUT2D eigenvalue weighted by Gasteiger charge is 2.54. The number of nitrogens with zero attached hydrogens (tertiary/aromatic N) is 2. The molecule has 3 rings (SSSR count). The lowest BCUT2D eigenvalue weighted by molar-refractivity contribution is -0.139. The number of benzene rings is 1. The summed E-state index contributed by atoms with van der Waals surface area (Å²) in [5, 5.41) is 3.31. The van der Waals surface area contributed by atoms with Crippen molar-refractivity contribution in [1.82, 2.24) is 10.2 Å². The van der Waals surface area contributed by atoms with Crippen LogP contribution in [0.3, 0.4) is 0 Å². The summed E-state index contributed by atoms with van der Waals surface area (Å²) in [7, 11) is 0. The molecule has 2 saturated heterocycles. The average molecular weight is 302 g/mol. The van der Waals surface area contributed by atoms with Crippen molar-refractivity contribution in [3.05, 3.63) is 30.3 Å². The summed E-state index contributed by atoms with van der Waals surface area (Å²) in [5.74, 6) is -0.448. The SMILES string of the molecule is CC(C(N)=O)N1CN(c2ccccc2)C2(CCNCC2)C1=O. The number of primary amides is 1. The Morgan fingerprint density at radius 2 is 1.91 bits per heavy atom. The van der Waals surface area contributed by atoms with Gasteiger partial charge in [0.1, 0.15) is 11.6 Å². The quantitative estimate of drug-likeness (QED) is 0.841. The van der Waals surface area contributed by atoms with Gasteiger partial charge in [0.2, 0.25) is 5.91 Å². The standard InChI is InChI=1S/C16H22N4O2/c1-12(14(17)21)19-11-20(13-5-3-2-4-6-13)16(15(19)22)7-9-18-10-8-16/h2-6,12,18H,7-11H2,1H3,(H2,17,21). The third-order valence-corrected chi connectivity index (χ3v) is 4.85. The van der Waals surface area contributed by atoms with Gasteiger partial charge in [0.15, 0.2) is 0 Å². The van der Waals surface area contributed by atoms with E-state index in [2.05, 4.69) is 10.2 Å². The van der Waals surface area contributed by atoms with Gasteiger partial charge >= 0.3 is 0 Å². The van der Waals surface area contributed by atoms with E-state index in [-0.39, 0.29) is 5.91 Å². The van der Waals surface area contributed by atoms with Crippen LogP contribution in [-0.4, -0.2) is 48.1 Å². The molecule has 0 saturated carbocycles. The molecule has 6 nitrogen and oxygen atoms in total. The first-order chi connectivity index (χ1) is 10.6. The zero-order valence-corrected chi connectivity index (χ0v) is 12.8. The van der Waals surface area contributed by atoms with Crippen LogP contribution in [0.4, 0.5) is 5.69 Å². The minimum Gasteiger partial charge on any atom is -0.368 e. The highest BCUT2D eigenvalue weighted by atomic mass is 16.2. The molecule has 3 N–H and O–H groups in total. The number of nitrogens with two attached hydrogens (primary N) is 1. The molecule has 1 atom stereocenters. The fourth-order valence-corrected chi connectivity index (χ4v) is 3.45. The molecule has 0 radical (unpaired) electrons. The number of carbonyl (C=O) groups is 2. The molecular formula is C16H22N4O2. The number of hydrogen-bond donors (Lipinski definition) is 2. The van der Waals surface area contributed by atoms with Crippen LogP contribution in [0.5, 0.6) is 0 Å². The van der Waals surface area contributed by atoms with Crippen LogP contribution in [0.15, 0.2) is 30.3 Å². The lowest BCUT2D eigenvalue weighted by atomic mass is 9.86. The van der Waals surface area contributed by atoms with Crippen molar-refractivity contribution >= 4 is 17.5 Å². The van der Waals surface area contributed by atoms with Gasteiger partial charge in [-0.2, -0.15) is 0 Å². The van der Waals surface area contributed by atoms with Gasteiger partial charge in [-0.1, -0.05) is 18.2 Å². The van der Waals surface area contributed by atoms with Gasteiger partial charge < -0.3 is 20.9 Å². The van der Waals surface area contributed by atoms with Crippen molar-refractivity contribution in [2.75, 3.05) is 24.7 Å². The third kappa shape index (κ3) is 2.23. The Labute approximate surface area is 130 Å². The van der Waals surface area contributed by atoms with Crippen molar-refractivity contribution in [2.45, 2.75) is 31.3 Å². The van der Waals surface area contributed by atoms with Gasteiger partial charge in [-0.25, -0.2) is 0 Å². The van der Waals surface area contributed by atoms with Crippen LogP contribution < -0.4 is 16.0 Å². The number of piperidine rings is 1. The van der Waals surface area contributed by atoms with Crippen LogP contribution in [0, 0.1) is 0 Å². The van der Waals surface area contributed by atoms with Gasteiger partial charge in [-0.3, -0.25) is 9.59 Å². The van der Waals surface area contributed by atoms with E-state index in [1.54, 1.807) is 11.8 Å². The van der Waals surface area contributed by atoms with Crippen molar-refractivity contribution in [2.24, 2.45) is 5.73 Å².